The lowest BCUT2D eigenvalue weighted by molar-refractivity contribution is 0.0938. The van der Waals surface area contributed by atoms with Crippen LogP contribution in [0.2, 0.25) is 0 Å². The Labute approximate surface area is 220 Å². The molecule has 5 rings (SSSR count). The molecule has 3 aromatic heterocycles. The standard InChI is InChI=1S/C29H27N7O2/c1-18-12-13-22(28(37)35-25-11-7-8-14-30-25)15-24(18)34-27-26-19(2)23(16-36(26)32-17-31-27)29(38)33-20(3)21-9-5-4-6-10-21/h4-17,20H,1-3H3,(H,33,38)(H,30,35,37)(H,31,32,34)/t20-/m0/s1. The van der Waals surface area contributed by atoms with E-state index < -0.39 is 0 Å². The molecule has 2 amide bonds. The van der Waals surface area contributed by atoms with Crippen molar-refractivity contribution in [3.63, 3.8) is 0 Å². The second-order valence-corrected chi connectivity index (χ2v) is 9.00. The Kier molecular flexibility index (Phi) is 6.82. The van der Waals surface area contributed by atoms with Crippen LogP contribution in [-0.4, -0.2) is 31.4 Å². The Balaban J connectivity index is 1.41. The van der Waals surface area contributed by atoms with Crippen molar-refractivity contribution >= 4 is 34.7 Å². The van der Waals surface area contributed by atoms with Gasteiger partial charge in [-0.2, -0.15) is 5.10 Å². The minimum Gasteiger partial charge on any atom is -0.345 e. The van der Waals surface area contributed by atoms with Crippen molar-refractivity contribution in [1.29, 1.82) is 0 Å². The fourth-order valence-electron chi connectivity index (χ4n) is 4.23. The summed E-state index contributed by atoms with van der Waals surface area (Å²) in [5.41, 5.74) is 5.05. The summed E-state index contributed by atoms with van der Waals surface area (Å²) in [6.07, 6.45) is 4.75. The van der Waals surface area contributed by atoms with Crippen molar-refractivity contribution in [3.05, 3.63) is 113 Å². The van der Waals surface area contributed by atoms with E-state index in [1.54, 1.807) is 41.2 Å². The van der Waals surface area contributed by atoms with E-state index in [1.165, 1.54) is 6.33 Å². The van der Waals surface area contributed by atoms with Crippen LogP contribution in [0.15, 0.2) is 85.5 Å². The van der Waals surface area contributed by atoms with Crippen molar-refractivity contribution in [2.45, 2.75) is 26.8 Å². The minimum absolute atomic E-state index is 0.155. The van der Waals surface area contributed by atoms with Gasteiger partial charge in [-0.05, 0) is 61.7 Å². The van der Waals surface area contributed by atoms with Crippen LogP contribution in [-0.2, 0) is 0 Å². The Morgan fingerprint density at radius 1 is 0.921 bits per heavy atom. The van der Waals surface area contributed by atoms with E-state index in [-0.39, 0.29) is 17.9 Å². The number of hydrogen-bond donors (Lipinski definition) is 3. The normalized spacial score (nSPS) is 11.7. The zero-order chi connectivity index (χ0) is 26.6. The Bertz CT molecular complexity index is 1610. The van der Waals surface area contributed by atoms with Gasteiger partial charge in [0.15, 0.2) is 5.82 Å². The zero-order valence-electron chi connectivity index (χ0n) is 21.3. The minimum atomic E-state index is -0.273. The van der Waals surface area contributed by atoms with Crippen LogP contribution in [0.3, 0.4) is 0 Å². The van der Waals surface area contributed by atoms with E-state index in [1.807, 2.05) is 63.2 Å². The highest BCUT2D eigenvalue weighted by Crippen LogP contribution is 2.28. The summed E-state index contributed by atoms with van der Waals surface area (Å²) in [6, 6.07) is 20.4. The monoisotopic (exact) mass is 505 g/mol. The maximum Gasteiger partial charge on any atom is 0.256 e. The highest BCUT2D eigenvalue weighted by atomic mass is 16.2. The topological polar surface area (TPSA) is 113 Å². The van der Waals surface area contributed by atoms with Crippen LogP contribution in [0.4, 0.5) is 17.3 Å². The van der Waals surface area contributed by atoms with E-state index in [4.69, 9.17) is 0 Å². The predicted molar refractivity (Wildman–Crippen MR) is 147 cm³/mol. The number of anilines is 3. The molecule has 1 atom stereocenters. The van der Waals surface area contributed by atoms with Gasteiger partial charge in [0.1, 0.15) is 17.7 Å². The predicted octanol–water partition coefficient (Wildman–Crippen LogP) is 5.23. The van der Waals surface area contributed by atoms with Crippen LogP contribution in [0, 0.1) is 13.8 Å². The van der Waals surface area contributed by atoms with Crippen LogP contribution < -0.4 is 16.0 Å². The molecule has 0 aliphatic rings. The van der Waals surface area contributed by atoms with Gasteiger partial charge in [-0.15, -0.1) is 0 Å². The van der Waals surface area contributed by atoms with Gasteiger partial charge < -0.3 is 16.0 Å². The molecule has 190 valence electrons. The number of fused-ring (bicyclic) bond motifs is 1. The average Bonchev–Trinajstić information content (AvgIpc) is 3.28. The fraction of sp³-hybridized carbons (Fsp3) is 0.138. The quantitative estimate of drug-likeness (QED) is 0.279. The number of pyridine rings is 1. The summed E-state index contributed by atoms with van der Waals surface area (Å²) in [7, 11) is 0. The van der Waals surface area contributed by atoms with E-state index in [0.29, 0.717) is 34.0 Å². The Morgan fingerprint density at radius 3 is 2.47 bits per heavy atom. The highest BCUT2D eigenvalue weighted by Gasteiger charge is 2.20. The van der Waals surface area contributed by atoms with Crippen molar-refractivity contribution < 1.29 is 9.59 Å². The van der Waals surface area contributed by atoms with Crippen LogP contribution >= 0.6 is 0 Å². The molecule has 0 saturated carbocycles. The number of hydrogen-bond acceptors (Lipinski definition) is 6. The third-order valence-corrected chi connectivity index (χ3v) is 6.38. The number of nitrogens with one attached hydrogen (secondary N) is 3. The van der Waals surface area contributed by atoms with E-state index in [0.717, 1.165) is 16.7 Å². The van der Waals surface area contributed by atoms with Crippen molar-refractivity contribution in [1.82, 2.24) is 24.9 Å². The molecule has 3 heterocycles. The summed E-state index contributed by atoms with van der Waals surface area (Å²) in [6.45, 7) is 5.76. The van der Waals surface area contributed by atoms with E-state index >= 15 is 0 Å². The molecule has 0 aliphatic heterocycles. The van der Waals surface area contributed by atoms with E-state index in [2.05, 4.69) is 31.0 Å². The van der Waals surface area contributed by atoms with E-state index in [9.17, 15) is 9.59 Å². The van der Waals surface area contributed by atoms with Gasteiger partial charge in [0.2, 0.25) is 0 Å². The maximum atomic E-state index is 13.2. The van der Waals surface area contributed by atoms with Crippen molar-refractivity contribution in [2.24, 2.45) is 0 Å². The fourth-order valence-corrected chi connectivity index (χ4v) is 4.23. The van der Waals surface area contributed by atoms with Gasteiger partial charge in [0.05, 0.1) is 11.6 Å². The highest BCUT2D eigenvalue weighted by molar-refractivity contribution is 6.04. The van der Waals surface area contributed by atoms with Gasteiger partial charge >= 0.3 is 0 Å². The van der Waals surface area contributed by atoms with Gasteiger partial charge in [0.25, 0.3) is 11.8 Å². The molecule has 0 saturated heterocycles. The number of aromatic nitrogens is 4. The maximum absolute atomic E-state index is 13.2. The number of aryl methyl sites for hydroxylation is 2. The molecule has 0 aliphatic carbocycles. The first-order valence-electron chi connectivity index (χ1n) is 12.2. The SMILES string of the molecule is Cc1ccc(C(=O)Nc2ccccn2)cc1Nc1ncnn2cc(C(=O)N[C@@H](C)c3ccccc3)c(C)c12. The molecular weight excluding hydrogens is 478 g/mol. The molecule has 0 bridgehead atoms. The Morgan fingerprint density at radius 2 is 1.71 bits per heavy atom. The van der Waals surface area contributed by atoms with Crippen LogP contribution in [0.5, 0.6) is 0 Å². The summed E-state index contributed by atoms with van der Waals surface area (Å²) in [5, 5.41) is 13.5. The molecular formula is C29H27N7O2. The summed E-state index contributed by atoms with van der Waals surface area (Å²) >= 11 is 0. The molecule has 0 unspecified atom stereocenters. The molecule has 38 heavy (non-hydrogen) atoms. The number of carbonyl (C=O) groups excluding carboxylic acids is 2. The lowest BCUT2D eigenvalue weighted by atomic mass is 10.1. The van der Waals surface area contributed by atoms with Crippen LogP contribution in [0.1, 0.15) is 50.4 Å². The average molecular weight is 506 g/mol. The van der Waals surface area contributed by atoms with Crippen molar-refractivity contribution in [2.75, 3.05) is 10.6 Å². The largest absolute Gasteiger partial charge is 0.345 e. The van der Waals surface area contributed by atoms with Gasteiger partial charge in [-0.3, -0.25) is 9.59 Å². The first-order chi connectivity index (χ1) is 18.4. The third-order valence-electron chi connectivity index (χ3n) is 6.38. The second kappa shape index (κ2) is 10.5. The number of nitrogens with zero attached hydrogens (tertiary/aromatic N) is 4. The third kappa shape index (κ3) is 5.08. The molecule has 5 aromatic rings. The second-order valence-electron chi connectivity index (χ2n) is 9.00. The molecule has 9 nitrogen and oxygen atoms in total. The first-order valence-corrected chi connectivity index (χ1v) is 12.2. The van der Waals surface area contributed by atoms with Crippen LogP contribution in [0.25, 0.3) is 5.52 Å². The van der Waals surface area contributed by atoms with Crippen molar-refractivity contribution in [3.8, 4) is 0 Å². The molecule has 0 fully saturated rings. The number of benzene rings is 2. The lowest BCUT2D eigenvalue weighted by Crippen LogP contribution is -2.26. The van der Waals surface area contributed by atoms with Gasteiger partial charge in [-0.1, -0.05) is 42.5 Å². The number of carbonyl (C=O) groups is 2. The lowest BCUT2D eigenvalue weighted by Gasteiger charge is -2.14. The molecule has 3 N–H and O–H groups in total. The molecule has 0 spiro atoms. The first kappa shape index (κ1) is 24.6. The summed E-state index contributed by atoms with van der Waals surface area (Å²) in [4.78, 5) is 34.6. The number of rotatable bonds is 7. The molecule has 0 radical (unpaired) electrons. The summed E-state index contributed by atoms with van der Waals surface area (Å²) in [5.74, 6) is 0.531. The number of amides is 2. The smallest absolute Gasteiger partial charge is 0.256 e. The summed E-state index contributed by atoms with van der Waals surface area (Å²) < 4.78 is 1.64. The Hall–Kier alpha value is -5.05. The molecule has 9 heteroatoms. The molecule has 2 aromatic carbocycles. The van der Waals surface area contributed by atoms with Gasteiger partial charge in [-0.25, -0.2) is 14.5 Å². The zero-order valence-corrected chi connectivity index (χ0v) is 21.3. The van der Waals surface area contributed by atoms with Gasteiger partial charge in [0, 0.05) is 23.6 Å².